The van der Waals surface area contributed by atoms with Crippen molar-refractivity contribution in [3.63, 3.8) is 0 Å². The fraction of sp³-hybridized carbons (Fsp3) is 0.455. The highest BCUT2D eigenvalue weighted by atomic mass is 32.1. The molecule has 5 nitrogen and oxygen atoms in total. The molecule has 2 heterocycles. The van der Waals surface area contributed by atoms with E-state index in [1.165, 1.54) is 0 Å². The van der Waals surface area contributed by atoms with Gasteiger partial charge in [-0.3, -0.25) is 4.57 Å². The highest BCUT2D eigenvalue weighted by Gasteiger charge is 2.40. The van der Waals surface area contributed by atoms with Gasteiger partial charge >= 0.3 is 0 Å². The molecule has 0 aliphatic carbocycles. The number of terminal acetylenes is 1. The zero-order valence-electron chi connectivity index (χ0n) is 9.17. The lowest BCUT2D eigenvalue weighted by Crippen LogP contribution is -2.33. The van der Waals surface area contributed by atoms with Gasteiger partial charge in [0.15, 0.2) is 0 Å². The lowest BCUT2D eigenvalue weighted by molar-refractivity contribution is -0.0715. The number of nitrogen functional groups attached to an aromatic ring is 1. The Bertz CT molecular complexity index is 522. The molecule has 2 rings (SSSR count). The molecule has 1 saturated heterocycles. The maximum Gasteiger partial charge on any atom is 0.210 e. The van der Waals surface area contributed by atoms with Gasteiger partial charge in [0.05, 0.1) is 12.7 Å². The first-order chi connectivity index (χ1) is 8.11. The normalized spacial score (nSPS) is 27.9. The first kappa shape index (κ1) is 12.0. The summed E-state index contributed by atoms with van der Waals surface area (Å²) in [5.41, 5.74) is 4.59. The third kappa shape index (κ3) is 2.05. The molecule has 0 aromatic carbocycles. The van der Waals surface area contributed by atoms with Crippen LogP contribution in [0.4, 0.5) is 5.82 Å². The molecule has 17 heavy (non-hydrogen) atoms. The van der Waals surface area contributed by atoms with Crippen molar-refractivity contribution in [2.45, 2.75) is 24.7 Å². The first-order valence-corrected chi connectivity index (χ1v) is 5.64. The highest BCUT2D eigenvalue weighted by Crippen LogP contribution is 2.34. The van der Waals surface area contributed by atoms with E-state index in [-0.39, 0.29) is 17.5 Å². The number of hydrogen-bond donors (Lipinski definition) is 2. The number of ether oxygens (including phenoxy) is 1. The molecule has 1 aromatic rings. The lowest BCUT2D eigenvalue weighted by Gasteiger charge is -2.26. The quantitative estimate of drug-likeness (QED) is 0.596. The van der Waals surface area contributed by atoms with Crippen molar-refractivity contribution >= 4 is 18.0 Å². The molecular formula is C11H13N3O2S. The Labute approximate surface area is 104 Å². The van der Waals surface area contributed by atoms with Gasteiger partial charge in [-0.05, 0) is 30.6 Å². The van der Waals surface area contributed by atoms with E-state index >= 15 is 0 Å². The van der Waals surface area contributed by atoms with Crippen molar-refractivity contribution in [1.82, 2.24) is 9.55 Å². The summed E-state index contributed by atoms with van der Waals surface area (Å²) in [6.45, 7) is -0.0564. The molecule has 0 saturated carbocycles. The maximum absolute atomic E-state index is 9.09. The van der Waals surface area contributed by atoms with Crippen molar-refractivity contribution in [2.75, 3.05) is 12.3 Å². The summed E-state index contributed by atoms with van der Waals surface area (Å²) in [5.74, 6) is 2.94. The van der Waals surface area contributed by atoms with E-state index in [0.29, 0.717) is 18.7 Å². The van der Waals surface area contributed by atoms with Crippen LogP contribution in [0.3, 0.4) is 0 Å². The van der Waals surface area contributed by atoms with Crippen LogP contribution in [-0.2, 0) is 10.5 Å². The van der Waals surface area contributed by atoms with Crippen LogP contribution in [-0.4, -0.2) is 27.4 Å². The van der Waals surface area contributed by atoms with Gasteiger partial charge in [0.1, 0.15) is 5.82 Å². The predicted octanol–water partition coefficient (Wildman–Crippen LogP) is 0.652. The molecule has 3 N–H and O–H groups in total. The third-order valence-corrected chi connectivity index (χ3v) is 3.10. The number of aromatic nitrogens is 2. The van der Waals surface area contributed by atoms with Gasteiger partial charge in [0.25, 0.3) is 0 Å². The number of aliphatic hydroxyl groups excluding tert-OH is 1. The van der Waals surface area contributed by atoms with Crippen molar-refractivity contribution < 1.29 is 9.84 Å². The van der Waals surface area contributed by atoms with E-state index in [2.05, 4.69) is 10.9 Å². The van der Waals surface area contributed by atoms with Gasteiger partial charge in [0.2, 0.25) is 10.5 Å². The van der Waals surface area contributed by atoms with Gasteiger partial charge in [-0.1, -0.05) is 0 Å². The zero-order chi connectivity index (χ0) is 12.5. The molecule has 0 spiro atoms. The molecule has 2 atom stereocenters. The number of aliphatic hydroxyl groups is 1. The summed E-state index contributed by atoms with van der Waals surface area (Å²) in [5, 5.41) is 9.09. The topological polar surface area (TPSA) is 73.3 Å². The number of anilines is 1. The van der Waals surface area contributed by atoms with Crippen LogP contribution in [0, 0.1) is 17.1 Å². The summed E-state index contributed by atoms with van der Waals surface area (Å²) < 4.78 is 7.57. The second kappa shape index (κ2) is 4.45. The molecule has 1 aliphatic rings. The second-order valence-corrected chi connectivity index (χ2v) is 4.26. The monoisotopic (exact) mass is 251 g/mol. The fourth-order valence-corrected chi connectivity index (χ4v) is 2.24. The van der Waals surface area contributed by atoms with Gasteiger partial charge < -0.3 is 15.6 Å². The van der Waals surface area contributed by atoms with Gasteiger partial charge in [-0.25, -0.2) is 4.98 Å². The van der Waals surface area contributed by atoms with Crippen LogP contribution in [0.25, 0.3) is 0 Å². The number of nitrogens with zero attached hydrogens (tertiary/aromatic N) is 2. The molecule has 1 aromatic heterocycles. The van der Waals surface area contributed by atoms with E-state index in [1.807, 2.05) is 0 Å². The average Bonchev–Trinajstić information content (AvgIpc) is 2.74. The van der Waals surface area contributed by atoms with E-state index < -0.39 is 5.72 Å². The zero-order valence-corrected chi connectivity index (χ0v) is 9.98. The Hall–Kier alpha value is -1.42. The van der Waals surface area contributed by atoms with Crippen LogP contribution in [0.15, 0.2) is 12.3 Å². The van der Waals surface area contributed by atoms with Crippen LogP contribution < -0.4 is 5.73 Å². The van der Waals surface area contributed by atoms with Crippen molar-refractivity contribution in [2.24, 2.45) is 0 Å². The van der Waals surface area contributed by atoms with Crippen LogP contribution >= 0.6 is 12.2 Å². The Morgan fingerprint density at radius 2 is 2.59 bits per heavy atom. The summed E-state index contributed by atoms with van der Waals surface area (Å²) in [7, 11) is 0. The summed E-state index contributed by atoms with van der Waals surface area (Å²) in [6.07, 6.45) is 8.23. The van der Waals surface area contributed by atoms with E-state index in [4.69, 9.17) is 34.2 Å². The average molecular weight is 251 g/mol. The van der Waals surface area contributed by atoms with Crippen LogP contribution in [0.2, 0.25) is 0 Å². The smallest absolute Gasteiger partial charge is 0.210 e. The van der Waals surface area contributed by atoms with Crippen molar-refractivity contribution in [1.29, 1.82) is 0 Å². The van der Waals surface area contributed by atoms with E-state index in [0.717, 1.165) is 0 Å². The van der Waals surface area contributed by atoms with Gasteiger partial charge in [-0.15, -0.1) is 6.42 Å². The molecular weight excluding hydrogens is 238 g/mol. The third-order valence-electron chi connectivity index (χ3n) is 2.81. The number of nitrogens with two attached hydrogens (primary N) is 1. The Balaban J connectivity index is 2.44. The number of hydrogen-bond acceptors (Lipinski definition) is 5. The van der Waals surface area contributed by atoms with Crippen LogP contribution in [0.5, 0.6) is 0 Å². The standard InChI is InChI=1S/C11H13N3O2S/c1-2-11(5-3-8(7-15)16-11)14-6-4-9(12)13-10(14)17/h1,4,6,8,15H,3,5,7H2,(H2,12,13,17). The minimum Gasteiger partial charge on any atom is -0.394 e. The van der Waals surface area contributed by atoms with E-state index in [1.54, 1.807) is 16.8 Å². The Kier molecular flexibility index (Phi) is 3.15. The predicted molar refractivity (Wildman–Crippen MR) is 65.5 cm³/mol. The highest BCUT2D eigenvalue weighted by molar-refractivity contribution is 7.71. The fourth-order valence-electron chi connectivity index (χ4n) is 1.92. The molecule has 1 fully saturated rings. The molecule has 0 radical (unpaired) electrons. The lowest BCUT2D eigenvalue weighted by atomic mass is 10.1. The van der Waals surface area contributed by atoms with Gasteiger partial charge in [0, 0.05) is 12.6 Å². The Morgan fingerprint density at radius 1 is 1.82 bits per heavy atom. The number of rotatable bonds is 2. The Morgan fingerprint density at radius 3 is 3.12 bits per heavy atom. The van der Waals surface area contributed by atoms with Crippen molar-refractivity contribution in [3.05, 3.63) is 17.0 Å². The molecule has 1 aliphatic heterocycles. The minimum absolute atomic E-state index is 0.0564. The van der Waals surface area contributed by atoms with Gasteiger partial charge in [-0.2, -0.15) is 0 Å². The molecule has 2 unspecified atom stereocenters. The largest absolute Gasteiger partial charge is 0.394 e. The van der Waals surface area contributed by atoms with E-state index in [9.17, 15) is 0 Å². The minimum atomic E-state index is -0.953. The first-order valence-electron chi connectivity index (χ1n) is 5.23. The SMILES string of the molecule is C#CC1(n2ccc(N)nc2=S)CCC(CO)O1. The molecule has 6 heteroatoms. The summed E-state index contributed by atoms with van der Waals surface area (Å²) >= 11 is 5.12. The van der Waals surface area contributed by atoms with Crippen LogP contribution in [0.1, 0.15) is 12.8 Å². The summed E-state index contributed by atoms with van der Waals surface area (Å²) in [6, 6.07) is 1.62. The second-order valence-electron chi connectivity index (χ2n) is 3.89. The molecule has 0 amide bonds. The molecule has 90 valence electrons. The summed E-state index contributed by atoms with van der Waals surface area (Å²) in [4.78, 5) is 3.98. The van der Waals surface area contributed by atoms with Crippen molar-refractivity contribution in [3.8, 4) is 12.3 Å². The maximum atomic E-state index is 9.09. The molecule has 0 bridgehead atoms.